The number of hydrazine groups is 2. The molecule has 0 saturated heterocycles. The molecular weight excluding hydrogens is 733 g/mol. The monoisotopic (exact) mass is 768 g/mol. The number of aromatic nitrogens is 2. The van der Waals surface area contributed by atoms with Crippen molar-refractivity contribution >= 4 is 22.7 Å². The Balaban J connectivity index is 1.48. The maximum absolute atomic E-state index is 13.8. The summed E-state index contributed by atoms with van der Waals surface area (Å²) < 4.78 is 30.0. The number of pyridine rings is 2. The Kier molecular flexibility index (Phi) is 8.68. The van der Waals surface area contributed by atoms with Crippen LogP contribution in [0.4, 0.5) is 22.7 Å². The molecule has 0 bridgehead atoms. The first kappa shape index (κ1) is 36.7. The summed E-state index contributed by atoms with van der Waals surface area (Å²) in [7, 11) is 6.44. The van der Waals surface area contributed by atoms with Crippen LogP contribution in [0, 0.1) is 36.5 Å². The van der Waals surface area contributed by atoms with Crippen molar-refractivity contribution in [2.75, 3.05) is 24.1 Å². The average Bonchev–Trinajstić information content (AvgIpc) is 3.62. The van der Waals surface area contributed by atoms with Gasteiger partial charge in [-0.25, -0.2) is 9.47 Å². The highest BCUT2D eigenvalue weighted by molar-refractivity contribution is 5.62. The largest absolute Gasteiger partial charge is 0.516 e. The van der Waals surface area contributed by atoms with Gasteiger partial charge in [0.15, 0.2) is 11.4 Å². The van der Waals surface area contributed by atoms with Crippen LogP contribution in [0.3, 0.4) is 0 Å². The number of hydrogen-bond acceptors (Lipinski definition) is 16. The third-order valence-corrected chi connectivity index (χ3v) is 10.5. The Hall–Kier alpha value is -7.28. The van der Waals surface area contributed by atoms with Crippen LogP contribution in [0.5, 0.6) is 11.8 Å². The molecule has 288 valence electrons. The lowest BCUT2D eigenvalue weighted by atomic mass is 10.1. The second kappa shape index (κ2) is 13.5. The summed E-state index contributed by atoms with van der Waals surface area (Å²) in [6.45, 7) is 6.78. The van der Waals surface area contributed by atoms with Crippen LogP contribution >= 0.6 is 0 Å². The van der Waals surface area contributed by atoms with Gasteiger partial charge in [-0.2, -0.15) is 10.5 Å². The number of ether oxygens (including phenoxy) is 4. The van der Waals surface area contributed by atoms with Crippen molar-refractivity contribution in [3.8, 4) is 23.9 Å². The maximum Gasteiger partial charge on any atom is 0.516 e. The molecule has 2 aromatic heterocycles. The number of benzene rings is 2. The number of nitrogens with zero attached hydrogens (tertiary/aromatic N) is 12. The van der Waals surface area contributed by atoms with Crippen LogP contribution < -0.4 is 30.6 Å². The highest BCUT2D eigenvalue weighted by Gasteiger charge is 2.56. The van der Waals surface area contributed by atoms with E-state index in [2.05, 4.69) is 20.5 Å². The molecule has 0 amide bonds. The van der Waals surface area contributed by atoms with Gasteiger partial charge in [0.05, 0.1) is 22.8 Å². The van der Waals surface area contributed by atoms with E-state index in [-0.39, 0.29) is 45.4 Å². The van der Waals surface area contributed by atoms with E-state index in [1.165, 1.54) is 14.1 Å². The number of azo groups is 2. The van der Waals surface area contributed by atoms with E-state index in [0.717, 1.165) is 9.13 Å². The van der Waals surface area contributed by atoms with E-state index in [1.54, 1.807) is 23.9 Å². The number of nitriles is 2. The summed E-state index contributed by atoms with van der Waals surface area (Å²) in [5, 5.41) is 46.0. The SMILES string of the molecule is CC1=C2N=Nc3c(C)c(C#N)c(=O)n(C)c3OC3(Oc4c(c(C)c(C#N)c(=O)n4C)N=NC4=C(C)N(C)N(c5ccccc5)C4O3)OC2N(c2ccccc2)N1C. The molecule has 4 aromatic rings. The third kappa shape index (κ3) is 5.53. The van der Waals surface area contributed by atoms with E-state index in [1.807, 2.05) is 111 Å². The second-order valence-electron chi connectivity index (χ2n) is 13.7. The molecule has 2 aromatic carbocycles. The molecule has 8 rings (SSSR count). The molecule has 4 aliphatic heterocycles. The van der Waals surface area contributed by atoms with E-state index < -0.39 is 29.7 Å². The van der Waals surface area contributed by atoms with Crippen LogP contribution in [0.1, 0.15) is 36.1 Å². The van der Waals surface area contributed by atoms with Gasteiger partial charge in [-0.3, -0.25) is 38.8 Å². The first-order chi connectivity index (χ1) is 27.3. The lowest BCUT2D eigenvalue weighted by molar-refractivity contribution is -0.458. The Morgan fingerprint density at radius 3 is 1.32 bits per heavy atom. The molecule has 57 heavy (non-hydrogen) atoms. The number of fused-ring (bicyclic) bond motifs is 4. The molecule has 0 N–H and O–H groups in total. The van der Waals surface area contributed by atoms with Gasteiger partial charge in [0.2, 0.25) is 24.2 Å². The highest BCUT2D eigenvalue weighted by atomic mass is 17.0. The van der Waals surface area contributed by atoms with Crippen molar-refractivity contribution in [3.05, 3.63) is 126 Å². The van der Waals surface area contributed by atoms with Gasteiger partial charge in [-0.05, 0) is 52.0 Å². The molecular formula is C39H36N12O6. The van der Waals surface area contributed by atoms with Gasteiger partial charge in [0, 0.05) is 39.3 Å². The van der Waals surface area contributed by atoms with Gasteiger partial charge >= 0.3 is 6.16 Å². The molecule has 4 aliphatic rings. The molecule has 0 fully saturated rings. The molecule has 2 unspecified atom stereocenters. The van der Waals surface area contributed by atoms with Crippen molar-refractivity contribution in [1.29, 1.82) is 10.5 Å². The normalized spacial score (nSPS) is 21.2. The fourth-order valence-corrected chi connectivity index (χ4v) is 7.10. The quantitative estimate of drug-likeness (QED) is 0.246. The highest BCUT2D eigenvalue weighted by Crippen LogP contribution is 2.47. The molecule has 6 heterocycles. The van der Waals surface area contributed by atoms with Gasteiger partial charge in [0.25, 0.3) is 11.1 Å². The fourth-order valence-electron chi connectivity index (χ4n) is 7.10. The Labute approximate surface area is 326 Å². The Morgan fingerprint density at radius 2 is 0.965 bits per heavy atom. The molecule has 18 heteroatoms. The minimum Gasteiger partial charge on any atom is -0.388 e. The standard InChI is InChI=1S/C39H36N12O6/c1-21-27(19-40)33(52)46(5)35-29(21)42-44-31-23(3)48(7)50(25-15-11-9-12-16-25)37(31)56-39(54-35)55-36-30(22(2)28(20-41)34(53)47(36)6)43-45-32-24(4)49(8)51(38(32)57-39)26-17-13-10-14-18-26/h9-18,37-38H,1-8H3. The predicted octanol–water partition coefficient (Wildman–Crippen LogP) is 5.59. The summed E-state index contributed by atoms with van der Waals surface area (Å²) in [5.41, 5.74) is 1.81. The number of rotatable bonds is 2. The van der Waals surface area contributed by atoms with Gasteiger partial charge in [-0.15, -0.1) is 20.5 Å². The van der Waals surface area contributed by atoms with Crippen LogP contribution in [0.15, 0.2) is 113 Å². The van der Waals surface area contributed by atoms with E-state index in [9.17, 15) is 20.1 Å². The number of anilines is 2. The zero-order valence-electron chi connectivity index (χ0n) is 32.2. The van der Waals surface area contributed by atoms with E-state index in [0.29, 0.717) is 34.2 Å². The molecule has 2 atom stereocenters. The summed E-state index contributed by atoms with van der Waals surface area (Å²) in [6, 6.07) is 22.7. The molecule has 1 spiro atoms. The van der Waals surface area contributed by atoms with Crippen molar-refractivity contribution in [3.63, 3.8) is 0 Å². The first-order valence-corrected chi connectivity index (χ1v) is 17.7. The van der Waals surface area contributed by atoms with E-state index >= 15 is 0 Å². The second-order valence-corrected chi connectivity index (χ2v) is 13.7. The third-order valence-electron chi connectivity index (χ3n) is 10.5. The number of allylic oxidation sites excluding steroid dienone is 2. The van der Waals surface area contributed by atoms with Crippen LogP contribution in [-0.2, 0) is 23.6 Å². The van der Waals surface area contributed by atoms with Gasteiger partial charge in [-0.1, -0.05) is 36.4 Å². The van der Waals surface area contributed by atoms with Crippen molar-refractivity contribution < 1.29 is 18.9 Å². The Morgan fingerprint density at radius 1 is 0.596 bits per heavy atom. The average molecular weight is 769 g/mol. The van der Waals surface area contributed by atoms with Crippen molar-refractivity contribution in [2.45, 2.75) is 46.3 Å². The lowest BCUT2D eigenvalue weighted by Gasteiger charge is -2.41. The number of para-hydroxylation sites is 2. The molecule has 0 aliphatic carbocycles. The van der Waals surface area contributed by atoms with Crippen molar-refractivity contribution in [1.82, 2.24) is 19.2 Å². The maximum atomic E-state index is 13.8. The molecule has 18 nitrogen and oxygen atoms in total. The van der Waals surface area contributed by atoms with Gasteiger partial charge in [0.1, 0.15) is 34.7 Å². The van der Waals surface area contributed by atoms with Crippen LogP contribution in [-0.4, -0.2) is 51.9 Å². The summed E-state index contributed by atoms with van der Waals surface area (Å²) in [6.07, 6.45) is -5.20. The first-order valence-electron chi connectivity index (χ1n) is 17.7. The summed E-state index contributed by atoms with van der Waals surface area (Å²) in [5.74, 6) is -0.467. The van der Waals surface area contributed by atoms with Crippen molar-refractivity contribution in [2.24, 2.45) is 34.6 Å². The lowest BCUT2D eigenvalue weighted by Crippen LogP contribution is -2.59. The number of hydrogen-bond donors (Lipinski definition) is 0. The Bertz CT molecular complexity index is 2510. The summed E-state index contributed by atoms with van der Waals surface area (Å²) >= 11 is 0. The topological polar surface area (TPSA) is 191 Å². The smallest absolute Gasteiger partial charge is 0.388 e. The zero-order valence-corrected chi connectivity index (χ0v) is 32.2. The predicted molar refractivity (Wildman–Crippen MR) is 204 cm³/mol. The molecule has 0 saturated carbocycles. The van der Waals surface area contributed by atoms with Crippen LogP contribution in [0.25, 0.3) is 0 Å². The zero-order chi connectivity index (χ0) is 40.5. The van der Waals surface area contributed by atoms with Crippen LogP contribution in [0.2, 0.25) is 0 Å². The van der Waals surface area contributed by atoms with E-state index in [4.69, 9.17) is 18.9 Å². The summed E-state index contributed by atoms with van der Waals surface area (Å²) in [4.78, 5) is 27.6. The minimum absolute atomic E-state index is 0.0142. The molecule has 0 radical (unpaired) electrons. The minimum atomic E-state index is -2.77. The van der Waals surface area contributed by atoms with Gasteiger partial charge < -0.3 is 9.47 Å². The fraction of sp³-hybridized carbons (Fsp3) is 0.282.